The summed E-state index contributed by atoms with van der Waals surface area (Å²) < 4.78 is 34.7. The number of amides is 1. The van der Waals surface area contributed by atoms with Gasteiger partial charge >= 0.3 is 0 Å². The van der Waals surface area contributed by atoms with Crippen LogP contribution in [0.4, 0.5) is 0 Å². The van der Waals surface area contributed by atoms with E-state index in [4.69, 9.17) is 4.74 Å². The fourth-order valence-corrected chi connectivity index (χ4v) is 7.10. The molecule has 8 heteroatoms. The summed E-state index contributed by atoms with van der Waals surface area (Å²) in [6.45, 7) is 8.35. The monoisotopic (exact) mass is 526 g/mol. The van der Waals surface area contributed by atoms with Crippen molar-refractivity contribution in [2.24, 2.45) is 0 Å². The third-order valence-corrected chi connectivity index (χ3v) is 9.88. The highest BCUT2D eigenvalue weighted by Gasteiger charge is 2.36. The molecule has 2 atom stereocenters. The van der Waals surface area contributed by atoms with E-state index in [1.54, 1.807) is 40.5 Å². The summed E-state index contributed by atoms with van der Waals surface area (Å²) in [4.78, 5) is 17.0. The molecule has 0 N–H and O–H groups in total. The van der Waals surface area contributed by atoms with Gasteiger partial charge in [0.2, 0.25) is 15.9 Å². The molecular formula is C28H34N2O4S2. The van der Waals surface area contributed by atoms with Crippen LogP contribution in [0.15, 0.2) is 64.9 Å². The van der Waals surface area contributed by atoms with E-state index in [-0.39, 0.29) is 29.4 Å². The van der Waals surface area contributed by atoms with Crippen molar-refractivity contribution in [3.8, 4) is 5.75 Å². The Labute approximate surface area is 218 Å². The van der Waals surface area contributed by atoms with Crippen LogP contribution >= 0.6 is 11.3 Å². The zero-order valence-electron chi connectivity index (χ0n) is 21.3. The van der Waals surface area contributed by atoms with E-state index in [0.29, 0.717) is 19.6 Å². The van der Waals surface area contributed by atoms with Gasteiger partial charge in [-0.1, -0.05) is 42.8 Å². The van der Waals surface area contributed by atoms with Gasteiger partial charge in [0.05, 0.1) is 17.5 Å². The predicted octanol–water partition coefficient (Wildman–Crippen LogP) is 5.36. The fourth-order valence-electron chi connectivity index (χ4n) is 4.51. The van der Waals surface area contributed by atoms with Crippen LogP contribution in [-0.2, 0) is 21.2 Å². The average Bonchev–Trinajstić information content (AvgIpc) is 3.35. The number of nitrogens with zero attached hydrogens (tertiary/aromatic N) is 2. The summed E-state index contributed by atoms with van der Waals surface area (Å²) >= 11 is 1.69. The molecule has 0 aliphatic carbocycles. The van der Waals surface area contributed by atoms with Gasteiger partial charge in [0.1, 0.15) is 12.4 Å². The van der Waals surface area contributed by atoms with Crippen LogP contribution in [0.2, 0.25) is 0 Å². The Morgan fingerprint density at radius 1 is 1.14 bits per heavy atom. The van der Waals surface area contributed by atoms with Gasteiger partial charge in [0.15, 0.2) is 0 Å². The Kier molecular flexibility index (Phi) is 8.17. The summed E-state index contributed by atoms with van der Waals surface area (Å²) in [6, 6.07) is 16.1. The van der Waals surface area contributed by atoms with Gasteiger partial charge in [-0.05, 0) is 74.4 Å². The summed E-state index contributed by atoms with van der Waals surface area (Å²) in [5, 5.41) is 2.05. The molecule has 0 radical (unpaired) electrons. The largest absolute Gasteiger partial charge is 0.491 e. The lowest BCUT2D eigenvalue weighted by Gasteiger charge is -2.37. The number of carbonyl (C=O) groups excluding carboxylic acids is 1. The van der Waals surface area contributed by atoms with Gasteiger partial charge in [-0.25, -0.2) is 8.42 Å². The minimum atomic E-state index is -3.83. The minimum absolute atomic E-state index is 0.203. The topological polar surface area (TPSA) is 66.9 Å². The van der Waals surface area contributed by atoms with Crippen LogP contribution in [0, 0.1) is 13.8 Å². The highest BCUT2D eigenvalue weighted by molar-refractivity contribution is 7.89. The Morgan fingerprint density at radius 2 is 1.86 bits per heavy atom. The predicted molar refractivity (Wildman–Crippen MR) is 144 cm³/mol. The molecule has 1 aliphatic heterocycles. The first-order chi connectivity index (χ1) is 17.2. The number of benzene rings is 2. The van der Waals surface area contributed by atoms with Crippen molar-refractivity contribution in [3.63, 3.8) is 0 Å². The number of aryl methyl sites for hydroxylation is 2. The number of carbonyl (C=O) groups is 1. The normalized spacial score (nSPS) is 16.6. The number of sulfonamides is 1. The maximum Gasteiger partial charge on any atom is 0.243 e. The number of rotatable bonds is 9. The molecule has 0 unspecified atom stereocenters. The number of fused-ring (bicyclic) bond motifs is 1. The first kappa shape index (κ1) is 26.4. The lowest BCUT2D eigenvalue weighted by atomic mass is 10.0. The molecule has 0 saturated heterocycles. The molecule has 2 aromatic carbocycles. The Morgan fingerprint density at radius 3 is 2.56 bits per heavy atom. The first-order valence-electron chi connectivity index (χ1n) is 12.3. The van der Waals surface area contributed by atoms with Gasteiger partial charge in [-0.15, -0.1) is 11.3 Å². The average molecular weight is 527 g/mol. The molecule has 2 heterocycles. The quantitative estimate of drug-likeness (QED) is 0.377. The van der Waals surface area contributed by atoms with E-state index >= 15 is 0 Å². The third kappa shape index (κ3) is 5.51. The van der Waals surface area contributed by atoms with Crippen LogP contribution < -0.4 is 4.74 Å². The van der Waals surface area contributed by atoms with Crippen molar-refractivity contribution >= 4 is 27.3 Å². The molecule has 192 valence electrons. The van der Waals surface area contributed by atoms with Crippen LogP contribution in [0.25, 0.3) is 0 Å². The summed E-state index contributed by atoms with van der Waals surface area (Å²) in [7, 11) is -3.83. The minimum Gasteiger partial charge on any atom is -0.491 e. The number of hydrogen-bond donors (Lipinski definition) is 0. The van der Waals surface area contributed by atoms with E-state index in [0.717, 1.165) is 28.9 Å². The lowest BCUT2D eigenvalue weighted by Crippen LogP contribution is -2.49. The first-order valence-corrected chi connectivity index (χ1v) is 14.7. The van der Waals surface area contributed by atoms with Crippen LogP contribution in [0.3, 0.4) is 0 Å². The van der Waals surface area contributed by atoms with Crippen molar-refractivity contribution in [1.82, 2.24) is 9.21 Å². The molecule has 4 rings (SSSR count). The summed E-state index contributed by atoms with van der Waals surface area (Å²) in [6.07, 6.45) is 1.36. The van der Waals surface area contributed by atoms with Gasteiger partial charge in [0, 0.05) is 17.5 Å². The van der Waals surface area contributed by atoms with Crippen molar-refractivity contribution in [1.29, 1.82) is 0 Å². The van der Waals surface area contributed by atoms with Crippen molar-refractivity contribution in [3.05, 3.63) is 81.5 Å². The van der Waals surface area contributed by atoms with Gasteiger partial charge in [-0.2, -0.15) is 4.31 Å². The van der Waals surface area contributed by atoms with E-state index in [2.05, 4.69) is 6.07 Å². The highest BCUT2D eigenvalue weighted by atomic mass is 32.2. The van der Waals surface area contributed by atoms with E-state index in [1.807, 2.05) is 57.3 Å². The van der Waals surface area contributed by atoms with E-state index < -0.39 is 10.0 Å². The van der Waals surface area contributed by atoms with Gasteiger partial charge < -0.3 is 9.64 Å². The van der Waals surface area contributed by atoms with Crippen LogP contribution in [0.1, 0.15) is 47.9 Å². The maximum atomic E-state index is 13.7. The molecule has 1 aliphatic rings. The zero-order chi connectivity index (χ0) is 25.9. The molecule has 3 aromatic rings. The number of hydrogen-bond acceptors (Lipinski definition) is 5. The fraction of sp³-hybridized carbons (Fsp3) is 0.393. The number of thiophene rings is 1. The smallest absolute Gasteiger partial charge is 0.243 e. The lowest BCUT2D eigenvalue weighted by molar-refractivity contribution is -0.135. The molecule has 36 heavy (non-hydrogen) atoms. The van der Waals surface area contributed by atoms with E-state index in [9.17, 15) is 13.2 Å². The zero-order valence-corrected chi connectivity index (χ0v) is 22.9. The molecule has 0 bridgehead atoms. The second-order valence-electron chi connectivity index (χ2n) is 9.35. The standard InChI is InChI=1S/C28H34N2O4S2/c1-5-22(4)30(36(32,33)23-12-10-20(2)11-13-23)18-28(31)29-16-14-27-24(15-17-35-27)25(29)19-34-26-9-7-6-8-21(26)3/h6-13,15,17,22,25H,5,14,16,18-19H2,1-4H3/t22-,25-/m1/s1. The molecule has 1 aromatic heterocycles. The van der Waals surface area contributed by atoms with Crippen LogP contribution in [0.5, 0.6) is 5.75 Å². The third-order valence-electron chi connectivity index (χ3n) is 6.91. The van der Waals surface area contributed by atoms with Crippen molar-refractivity contribution in [2.75, 3.05) is 19.7 Å². The SMILES string of the molecule is CC[C@@H](C)N(CC(=O)N1CCc2sccc2[C@H]1COc1ccccc1C)S(=O)(=O)c1ccc(C)cc1. The molecule has 0 saturated carbocycles. The van der Waals surface area contributed by atoms with Crippen molar-refractivity contribution in [2.45, 2.75) is 57.5 Å². The number of para-hydroxylation sites is 1. The highest BCUT2D eigenvalue weighted by Crippen LogP contribution is 2.34. The van der Waals surface area contributed by atoms with Gasteiger partial charge in [-0.3, -0.25) is 4.79 Å². The Bertz CT molecular complexity index is 1300. The second-order valence-corrected chi connectivity index (χ2v) is 12.2. The number of ether oxygens (including phenoxy) is 1. The molecule has 0 fully saturated rings. The molecular weight excluding hydrogens is 492 g/mol. The summed E-state index contributed by atoms with van der Waals surface area (Å²) in [5.74, 6) is 0.580. The van der Waals surface area contributed by atoms with E-state index in [1.165, 1.54) is 9.18 Å². The second kappa shape index (κ2) is 11.2. The summed E-state index contributed by atoms with van der Waals surface area (Å²) in [5.41, 5.74) is 3.10. The van der Waals surface area contributed by atoms with Crippen LogP contribution in [-0.4, -0.2) is 49.3 Å². The maximum absolute atomic E-state index is 13.7. The van der Waals surface area contributed by atoms with Gasteiger partial charge in [0.25, 0.3) is 0 Å². The Hall–Kier alpha value is -2.68. The molecule has 6 nitrogen and oxygen atoms in total. The molecule has 0 spiro atoms. The van der Waals surface area contributed by atoms with Crippen molar-refractivity contribution < 1.29 is 17.9 Å². The Balaban J connectivity index is 1.59. The molecule has 1 amide bonds.